The number of methoxy groups -OCH3 is 2. The quantitative estimate of drug-likeness (QED) is 0.283. The van der Waals surface area contributed by atoms with Crippen molar-refractivity contribution >= 4 is 45.3 Å². The highest BCUT2D eigenvalue weighted by Gasteiger charge is 2.24. The summed E-state index contributed by atoms with van der Waals surface area (Å²) in [6.07, 6.45) is 1.53. The van der Waals surface area contributed by atoms with Crippen LogP contribution < -0.4 is 20.2 Å². The molecule has 0 bridgehead atoms. The Labute approximate surface area is 206 Å². The molecule has 0 radical (unpaired) electrons. The van der Waals surface area contributed by atoms with Crippen molar-refractivity contribution < 1.29 is 19.1 Å². The van der Waals surface area contributed by atoms with Crippen LogP contribution >= 0.6 is 11.3 Å². The lowest BCUT2D eigenvalue weighted by Gasteiger charge is -2.11. The van der Waals surface area contributed by atoms with Crippen LogP contribution in [0.4, 0.5) is 5.69 Å². The number of fused-ring (bicyclic) bond motifs is 1. The Morgan fingerprint density at radius 2 is 1.74 bits per heavy atom. The fraction of sp³-hybridized carbons (Fsp3) is 0.154. The minimum atomic E-state index is -0.454. The van der Waals surface area contributed by atoms with Crippen LogP contribution in [0.5, 0.6) is 11.5 Å². The normalized spacial score (nSPS) is 11.0. The van der Waals surface area contributed by atoms with E-state index < -0.39 is 11.8 Å². The number of thiophene rings is 1. The van der Waals surface area contributed by atoms with Crippen LogP contribution in [0.2, 0.25) is 0 Å². The van der Waals surface area contributed by atoms with Crippen LogP contribution in [0, 0.1) is 13.8 Å². The molecule has 8 nitrogen and oxygen atoms in total. The van der Waals surface area contributed by atoms with Crippen molar-refractivity contribution in [3.63, 3.8) is 0 Å². The second kappa shape index (κ2) is 10.4. The molecule has 178 valence electrons. The molecule has 2 heterocycles. The molecule has 2 aromatic carbocycles. The van der Waals surface area contributed by atoms with Gasteiger partial charge in [0.05, 0.1) is 31.7 Å². The molecule has 2 amide bonds. The zero-order valence-electron chi connectivity index (χ0n) is 19.7. The van der Waals surface area contributed by atoms with Crippen molar-refractivity contribution in [1.82, 2.24) is 10.4 Å². The summed E-state index contributed by atoms with van der Waals surface area (Å²) in [7, 11) is 3.10. The van der Waals surface area contributed by atoms with Crippen molar-refractivity contribution in [2.45, 2.75) is 13.8 Å². The fourth-order valence-electron chi connectivity index (χ4n) is 3.64. The third-order valence-electron chi connectivity index (χ3n) is 5.28. The van der Waals surface area contributed by atoms with Gasteiger partial charge < -0.3 is 14.8 Å². The number of carbonyl (C=O) groups excluding carboxylic acids is 2. The minimum Gasteiger partial charge on any atom is -0.497 e. The Morgan fingerprint density at radius 1 is 1.00 bits per heavy atom. The molecule has 0 saturated heterocycles. The predicted molar refractivity (Wildman–Crippen MR) is 138 cm³/mol. The average molecular weight is 489 g/mol. The van der Waals surface area contributed by atoms with Crippen LogP contribution in [0.25, 0.3) is 10.2 Å². The number of para-hydroxylation sites is 1. The number of nitrogens with zero attached hydrogens (tertiary/aromatic N) is 2. The first kappa shape index (κ1) is 23.9. The molecule has 4 aromatic rings. The summed E-state index contributed by atoms with van der Waals surface area (Å²) >= 11 is 1.20. The molecule has 35 heavy (non-hydrogen) atoms. The fourth-order valence-corrected chi connectivity index (χ4v) is 4.78. The zero-order valence-corrected chi connectivity index (χ0v) is 20.5. The van der Waals surface area contributed by atoms with Crippen LogP contribution in [-0.2, 0) is 0 Å². The van der Waals surface area contributed by atoms with E-state index in [4.69, 9.17) is 9.47 Å². The highest BCUT2D eigenvalue weighted by atomic mass is 32.1. The van der Waals surface area contributed by atoms with Crippen LogP contribution in [0.1, 0.15) is 36.9 Å². The number of pyridine rings is 1. The first-order valence-electron chi connectivity index (χ1n) is 10.7. The molecule has 0 saturated carbocycles. The van der Waals surface area contributed by atoms with Gasteiger partial charge in [0, 0.05) is 11.1 Å². The van der Waals surface area contributed by atoms with Gasteiger partial charge in [0.1, 0.15) is 21.2 Å². The smallest absolute Gasteiger partial charge is 0.283 e. The number of rotatable bonds is 7. The van der Waals surface area contributed by atoms with E-state index in [1.54, 1.807) is 43.5 Å². The van der Waals surface area contributed by atoms with Crippen LogP contribution in [-0.4, -0.2) is 37.2 Å². The molecule has 0 atom stereocenters. The molecule has 0 aliphatic heterocycles. The van der Waals surface area contributed by atoms with Gasteiger partial charge in [-0.3, -0.25) is 9.59 Å². The second-order valence-corrected chi connectivity index (χ2v) is 8.69. The molecule has 0 spiro atoms. The third-order valence-corrected chi connectivity index (χ3v) is 6.36. The number of anilines is 1. The van der Waals surface area contributed by atoms with Gasteiger partial charge in [-0.15, -0.1) is 11.3 Å². The number of ether oxygens (including phenoxy) is 2. The maximum atomic E-state index is 13.2. The van der Waals surface area contributed by atoms with Gasteiger partial charge >= 0.3 is 0 Å². The molecule has 0 aliphatic rings. The second-order valence-electron chi connectivity index (χ2n) is 7.69. The Kier molecular flexibility index (Phi) is 7.07. The Hall–Kier alpha value is -4.24. The number of carbonyl (C=O) groups is 2. The number of hydrogen-bond acceptors (Lipinski definition) is 7. The number of hydrazone groups is 1. The standard InChI is InChI=1S/C26H24N4O4S/c1-15-13-16(2)28-26-21(15)22(29-24(31)19-7-5-6-8-20(19)34-4)23(35-26)25(32)30-27-14-17-9-11-18(33-3)12-10-17/h5-14H,1-4H3,(H,29,31)(H,30,32)/b27-14+. The number of amides is 2. The molecular formula is C26H24N4O4S. The molecule has 0 aliphatic carbocycles. The summed E-state index contributed by atoms with van der Waals surface area (Å²) in [6, 6.07) is 16.1. The number of nitrogens with one attached hydrogen (secondary N) is 2. The molecule has 0 fully saturated rings. The summed E-state index contributed by atoms with van der Waals surface area (Å²) < 4.78 is 10.5. The molecule has 4 rings (SSSR count). The van der Waals surface area contributed by atoms with Gasteiger partial charge in [-0.2, -0.15) is 5.10 Å². The van der Waals surface area contributed by atoms with Gasteiger partial charge in [-0.1, -0.05) is 12.1 Å². The zero-order chi connectivity index (χ0) is 24.9. The summed E-state index contributed by atoms with van der Waals surface area (Å²) in [6.45, 7) is 3.81. The van der Waals surface area contributed by atoms with E-state index in [0.29, 0.717) is 32.1 Å². The van der Waals surface area contributed by atoms with E-state index in [2.05, 4.69) is 20.8 Å². The SMILES string of the molecule is COc1ccc(/C=N/NC(=O)c2sc3nc(C)cc(C)c3c2NC(=O)c2ccccc2OC)cc1. The summed E-state index contributed by atoms with van der Waals surface area (Å²) in [5.41, 5.74) is 5.82. The number of hydrogen-bond donors (Lipinski definition) is 2. The van der Waals surface area contributed by atoms with Crippen molar-refractivity contribution in [3.05, 3.63) is 81.9 Å². The van der Waals surface area contributed by atoms with E-state index in [1.165, 1.54) is 24.7 Å². The van der Waals surface area contributed by atoms with Gasteiger partial charge in [0.15, 0.2) is 0 Å². The predicted octanol–water partition coefficient (Wildman–Crippen LogP) is 4.95. The molecular weight excluding hydrogens is 464 g/mol. The first-order chi connectivity index (χ1) is 16.9. The first-order valence-corrected chi connectivity index (χ1v) is 11.6. The molecule has 2 aromatic heterocycles. The Bertz CT molecular complexity index is 1430. The lowest BCUT2D eigenvalue weighted by molar-refractivity contribution is 0.0960. The monoisotopic (exact) mass is 488 g/mol. The van der Waals surface area contributed by atoms with E-state index in [9.17, 15) is 9.59 Å². The van der Waals surface area contributed by atoms with E-state index in [0.717, 1.165) is 22.6 Å². The van der Waals surface area contributed by atoms with E-state index in [-0.39, 0.29) is 0 Å². The number of benzene rings is 2. The van der Waals surface area contributed by atoms with E-state index >= 15 is 0 Å². The summed E-state index contributed by atoms with van der Waals surface area (Å²) in [5, 5.41) is 7.70. The highest BCUT2D eigenvalue weighted by molar-refractivity contribution is 7.21. The maximum absolute atomic E-state index is 13.2. The van der Waals surface area contributed by atoms with Gasteiger partial charge in [0.25, 0.3) is 11.8 Å². The van der Waals surface area contributed by atoms with Crippen molar-refractivity contribution in [2.75, 3.05) is 19.5 Å². The third kappa shape index (κ3) is 5.15. The average Bonchev–Trinajstić information content (AvgIpc) is 3.22. The highest BCUT2D eigenvalue weighted by Crippen LogP contribution is 2.38. The Morgan fingerprint density at radius 3 is 2.46 bits per heavy atom. The van der Waals surface area contributed by atoms with Gasteiger partial charge in [-0.05, 0) is 67.4 Å². The van der Waals surface area contributed by atoms with Crippen LogP contribution in [0.15, 0.2) is 59.7 Å². The summed E-state index contributed by atoms with van der Waals surface area (Å²) in [5.74, 6) is 0.318. The minimum absolute atomic E-state index is 0.302. The largest absolute Gasteiger partial charge is 0.497 e. The number of aromatic nitrogens is 1. The lowest BCUT2D eigenvalue weighted by Crippen LogP contribution is -2.20. The van der Waals surface area contributed by atoms with Gasteiger partial charge in [0.2, 0.25) is 0 Å². The van der Waals surface area contributed by atoms with Crippen molar-refractivity contribution in [3.8, 4) is 11.5 Å². The maximum Gasteiger partial charge on any atom is 0.283 e. The van der Waals surface area contributed by atoms with Gasteiger partial charge in [-0.25, -0.2) is 10.4 Å². The van der Waals surface area contributed by atoms with E-state index in [1.807, 2.05) is 32.0 Å². The van der Waals surface area contributed by atoms with Crippen LogP contribution in [0.3, 0.4) is 0 Å². The summed E-state index contributed by atoms with van der Waals surface area (Å²) in [4.78, 5) is 31.8. The molecule has 0 unspecified atom stereocenters. The van der Waals surface area contributed by atoms with Crippen molar-refractivity contribution in [2.24, 2.45) is 5.10 Å². The molecule has 9 heteroatoms. The molecule has 2 N–H and O–H groups in total. The lowest BCUT2D eigenvalue weighted by atomic mass is 10.1. The number of aryl methyl sites for hydroxylation is 2. The van der Waals surface area contributed by atoms with Crippen molar-refractivity contribution in [1.29, 1.82) is 0 Å². The topological polar surface area (TPSA) is 102 Å². The Balaban J connectivity index is 1.66.